The third kappa shape index (κ3) is 3.71. The van der Waals surface area contributed by atoms with Crippen LogP contribution in [-0.4, -0.2) is 32.8 Å². The van der Waals surface area contributed by atoms with Gasteiger partial charge in [0.25, 0.3) is 5.91 Å². The monoisotopic (exact) mass is 335 g/mol. The SMILES string of the molecule is Cc1cc(C(=O)NC(C(=O)O)C(C)C)nn1-c1ccccc1Cl. The van der Waals surface area contributed by atoms with E-state index < -0.39 is 17.9 Å². The fourth-order valence-electron chi connectivity index (χ4n) is 2.18. The van der Waals surface area contributed by atoms with E-state index in [0.29, 0.717) is 10.7 Å². The van der Waals surface area contributed by atoms with E-state index in [1.807, 2.05) is 6.07 Å². The molecule has 2 aromatic rings. The molecule has 7 heteroatoms. The number of aryl methyl sites for hydroxylation is 1. The Kier molecular flexibility index (Phi) is 5.05. The Balaban J connectivity index is 2.29. The minimum absolute atomic E-state index is 0.148. The van der Waals surface area contributed by atoms with Gasteiger partial charge < -0.3 is 10.4 Å². The molecule has 1 aromatic heterocycles. The first-order chi connectivity index (χ1) is 10.8. The molecule has 0 aliphatic heterocycles. The van der Waals surface area contributed by atoms with Crippen molar-refractivity contribution in [2.75, 3.05) is 0 Å². The van der Waals surface area contributed by atoms with Crippen LogP contribution in [0, 0.1) is 12.8 Å². The molecule has 0 saturated carbocycles. The van der Waals surface area contributed by atoms with Crippen LogP contribution < -0.4 is 5.32 Å². The molecule has 0 saturated heterocycles. The van der Waals surface area contributed by atoms with Crippen LogP contribution in [0.1, 0.15) is 30.0 Å². The van der Waals surface area contributed by atoms with Crippen molar-refractivity contribution in [3.63, 3.8) is 0 Å². The molecule has 23 heavy (non-hydrogen) atoms. The molecule has 2 rings (SSSR count). The zero-order chi connectivity index (χ0) is 17.1. The predicted octanol–water partition coefficient (Wildman–Crippen LogP) is 2.67. The number of aliphatic carboxylic acids is 1. The zero-order valence-corrected chi connectivity index (χ0v) is 13.8. The smallest absolute Gasteiger partial charge is 0.326 e. The molecule has 1 aromatic carbocycles. The molecule has 122 valence electrons. The molecule has 1 heterocycles. The van der Waals surface area contributed by atoms with Crippen molar-refractivity contribution in [3.05, 3.63) is 46.7 Å². The Morgan fingerprint density at radius 3 is 2.52 bits per heavy atom. The number of nitrogens with one attached hydrogen (secondary N) is 1. The third-order valence-electron chi connectivity index (χ3n) is 3.42. The first-order valence-corrected chi connectivity index (χ1v) is 7.54. The van der Waals surface area contributed by atoms with Crippen molar-refractivity contribution in [1.29, 1.82) is 0 Å². The Hall–Kier alpha value is -2.34. The van der Waals surface area contributed by atoms with Crippen LogP contribution in [0.5, 0.6) is 0 Å². The van der Waals surface area contributed by atoms with Gasteiger partial charge in [-0.25, -0.2) is 9.48 Å². The summed E-state index contributed by atoms with van der Waals surface area (Å²) in [6.45, 7) is 5.25. The minimum atomic E-state index is -1.07. The molecule has 1 atom stereocenters. The number of carbonyl (C=O) groups is 2. The number of halogens is 1. The third-order valence-corrected chi connectivity index (χ3v) is 3.74. The highest BCUT2D eigenvalue weighted by Crippen LogP contribution is 2.21. The van der Waals surface area contributed by atoms with E-state index in [-0.39, 0.29) is 11.6 Å². The molecule has 1 unspecified atom stereocenters. The Morgan fingerprint density at radius 1 is 1.30 bits per heavy atom. The van der Waals surface area contributed by atoms with E-state index in [1.54, 1.807) is 49.7 Å². The lowest BCUT2D eigenvalue weighted by Crippen LogP contribution is -2.44. The van der Waals surface area contributed by atoms with Crippen molar-refractivity contribution in [3.8, 4) is 5.69 Å². The van der Waals surface area contributed by atoms with Gasteiger partial charge in [0.15, 0.2) is 5.69 Å². The van der Waals surface area contributed by atoms with E-state index in [4.69, 9.17) is 16.7 Å². The van der Waals surface area contributed by atoms with Gasteiger partial charge in [-0.1, -0.05) is 37.6 Å². The van der Waals surface area contributed by atoms with Crippen molar-refractivity contribution < 1.29 is 14.7 Å². The maximum absolute atomic E-state index is 12.3. The van der Waals surface area contributed by atoms with Gasteiger partial charge in [0, 0.05) is 5.69 Å². The zero-order valence-electron chi connectivity index (χ0n) is 13.1. The minimum Gasteiger partial charge on any atom is -0.480 e. The van der Waals surface area contributed by atoms with Gasteiger partial charge in [-0.2, -0.15) is 5.10 Å². The fourth-order valence-corrected chi connectivity index (χ4v) is 2.40. The number of hydrogen-bond acceptors (Lipinski definition) is 3. The first-order valence-electron chi connectivity index (χ1n) is 7.16. The van der Waals surface area contributed by atoms with Crippen LogP contribution >= 0.6 is 11.6 Å². The van der Waals surface area contributed by atoms with Crippen molar-refractivity contribution >= 4 is 23.5 Å². The van der Waals surface area contributed by atoms with Crippen LogP contribution in [0.15, 0.2) is 30.3 Å². The predicted molar refractivity (Wildman–Crippen MR) is 87.0 cm³/mol. The lowest BCUT2D eigenvalue weighted by Gasteiger charge is -2.16. The summed E-state index contributed by atoms with van der Waals surface area (Å²) in [6.07, 6.45) is 0. The molecule has 0 fully saturated rings. The van der Waals surface area contributed by atoms with Gasteiger partial charge in [-0.3, -0.25) is 4.79 Å². The van der Waals surface area contributed by atoms with Crippen LogP contribution in [0.25, 0.3) is 5.69 Å². The quantitative estimate of drug-likeness (QED) is 0.879. The number of carboxylic acids is 1. The van der Waals surface area contributed by atoms with Gasteiger partial charge in [-0.05, 0) is 31.0 Å². The molecule has 1 amide bonds. The normalized spacial score (nSPS) is 12.2. The van der Waals surface area contributed by atoms with Crippen molar-refractivity contribution in [1.82, 2.24) is 15.1 Å². The molecule has 0 aliphatic carbocycles. The standard InChI is InChI=1S/C16H18ClN3O3/c1-9(2)14(16(22)23)18-15(21)12-8-10(3)20(19-12)13-7-5-4-6-11(13)17/h4-9,14H,1-3H3,(H,18,21)(H,22,23). The lowest BCUT2D eigenvalue weighted by atomic mass is 10.0. The van der Waals surface area contributed by atoms with E-state index >= 15 is 0 Å². The van der Waals surface area contributed by atoms with Crippen LogP contribution in [0.4, 0.5) is 0 Å². The van der Waals surface area contributed by atoms with Gasteiger partial charge in [0.2, 0.25) is 0 Å². The summed E-state index contributed by atoms with van der Waals surface area (Å²) in [5, 5.41) is 16.4. The summed E-state index contributed by atoms with van der Waals surface area (Å²) < 4.78 is 1.56. The number of benzene rings is 1. The second-order valence-corrected chi connectivity index (χ2v) is 5.97. The summed E-state index contributed by atoms with van der Waals surface area (Å²) in [5.74, 6) is -1.83. The Labute approximate surface area is 139 Å². The molecule has 6 nitrogen and oxygen atoms in total. The molecule has 0 bridgehead atoms. The second-order valence-electron chi connectivity index (χ2n) is 5.57. The maximum atomic E-state index is 12.3. The van der Waals surface area contributed by atoms with Gasteiger partial charge >= 0.3 is 5.97 Å². The Bertz CT molecular complexity index is 740. The second kappa shape index (κ2) is 6.83. The number of hydrogen-bond donors (Lipinski definition) is 2. The van der Waals surface area contributed by atoms with Crippen molar-refractivity contribution in [2.45, 2.75) is 26.8 Å². The average Bonchev–Trinajstić information content (AvgIpc) is 2.86. The van der Waals surface area contributed by atoms with Gasteiger partial charge in [0.05, 0.1) is 10.7 Å². The molecule has 0 spiro atoms. The summed E-state index contributed by atoms with van der Waals surface area (Å²) in [4.78, 5) is 23.5. The molecular weight excluding hydrogens is 318 g/mol. The number of nitrogens with zero attached hydrogens (tertiary/aromatic N) is 2. The Morgan fingerprint density at radius 2 is 1.96 bits per heavy atom. The molecular formula is C16H18ClN3O3. The number of carbonyl (C=O) groups excluding carboxylic acids is 1. The number of rotatable bonds is 5. The summed E-state index contributed by atoms with van der Waals surface area (Å²) in [5.41, 5.74) is 1.53. The van der Waals surface area contributed by atoms with Crippen LogP contribution in [-0.2, 0) is 4.79 Å². The highest BCUT2D eigenvalue weighted by atomic mass is 35.5. The fraction of sp³-hybridized carbons (Fsp3) is 0.312. The maximum Gasteiger partial charge on any atom is 0.326 e. The lowest BCUT2D eigenvalue weighted by molar-refractivity contribution is -0.140. The van der Waals surface area contributed by atoms with E-state index in [9.17, 15) is 9.59 Å². The van der Waals surface area contributed by atoms with Crippen LogP contribution in [0.2, 0.25) is 5.02 Å². The number of para-hydroxylation sites is 1. The van der Waals surface area contributed by atoms with Crippen LogP contribution in [0.3, 0.4) is 0 Å². The van der Waals surface area contributed by atoms with Gasteiger partial charge in [-0.15, -0.1) is 0 Å². The van der Waals surface area contributed by atoms with E-state index in [1.165, 1.54) is 0 Å². The highest BCUT2D eigenvalue weighted by Gasteiger charge is 2.25. The number of aromatic nitrogens is 2. The van der Waals surface area contributed by atoms with E-state index in [0.717, 1.165) is 5.69 Å². The largest absolute Gasteiger partial charge is 0.480 e. The summed E-state index contributed by atoms with van der Waals surface area (Å²) in [6, 6.07) is 7.78. The van der Waals surface area contributed by atoms with E-state index in [2.05, 4.69) is 10.4 Å². The molecule has 0 radical (unpaired) electrons. The highest BCUT2D eigenvalue weighted by molar-refractivity contribution is 6.32. The topological polar surface area (TPSA) is 84.2 Å². The molecule has 2 N–H and O–H groups in total. The summed E-state index contributed by atoms with van der Waals surface area (Å²) >= 11 is 6.15. The first kappa shape index (κ1) is 17.0. The molecule has 0 aliphatic rings. The number of carboxylic acid groups (broad SMARTS) is 1. The van der Waals surface area contributed by atoms with Gasteiger partial charge in [0.1, 0.15) is 6.04 Å². The van der Waals surface area contributed by atoms with Crippen molar-refractivity contribution in [2.24, 2.45) is 5.92 Å². The average molecular weight is 336 g/mol. The number of amides is 1. The summed E-state index contributed by atoms with van der Waals surface area (Å²) in [7, 11) is 0.